The van der Waals surface area contributed by atoms with Gasteiger partial charge in [0.1, 0.15) is 0 Å². The molecule has 0 saturated heterocycles. The van der Waals surface area contributed by atoms with Gasteiger partial charge in [-0.3, -0.25) is 0 Å². The molecule has 0 fully saturated rings. The summed E-state index contributed by atoms with van der Waals surface area (Å²) in [6, 6.07) is 7.41. The zero-order valence-corrected chi connectivity index (χ0v) is 9.47. The van der Waals surface area contributed by atoms with Crippen LogP contribution in [0.1, 0.15) is 17.3 Å². The molecule has 0 aliphatic rings. The van der Waals surface area contributed by atoms with Crippen molar-refractivity contribution >= 4 is 16.9 Å². The van der Waals surface area contributed by atoms with E-state index in [0.717, 1.165) is 28.2 Å². The van der Waals surface area contributed by atoms with Gasteiger partial charge in [0.15, 0.2) is 0 Å². The fourth-order valence-electron chi connectivity index (χ4n) is 2.01. The van der Waals surface area contributed by atoms with E-state index in [-0.39, 0.29) is 0 Å². The normalized spacial score (nSPS) is 13.3. The lowest BCUT2D eigenvalue weighted by atomic mass is 10.0. The summed E-state index contributed by atoms with van der Waals surface area (Å²) in [5.41, 5.74) is 8.91. The van der Waals surface area contributed by atoms with E-state index in [9.17, 15) is 4.79 Å². The molecule has 0 saturated carbocycles. The lowest BCUT2D eigenvalue weighted by Gasteiger charge is -2.06. The van der Waals surface area contributed by atoms with Gasteiger partial charge in [-0.1, -0.05) is 24.3 Å². The van der Waals surface area contributed by atoms with Crippen LogP contribution in [0.5, 0.6) is 0 Å². The zero-order valence-electron chi connectivity index (χ0n) is 9.47. The van der Waals surface area contributed by atoms with Crippen LogP contribution in [0.15, 0.2) is 36.4 Å². The second kappa shape index (κ2) is 4.43. The van der Waals surface area contributed by atoms with Crippen LogP contribution < -0.4 is 5.73 Å². The SMILES string of the molecule is Cc1[nH]c2ccccc2c1C(N)/C=C/C(=O)O. The second-order valence-electron chi connectivity index (χ2n) is 3.93. The largest absolute Gasteiger partial charge is 0.478 e. The Labute approximate surface area is 98.8 Å². The maximum absolute atomic E-state index is 10.5. The number of carboxylic acid groups (broad SMARTS) is 1. The van der Waals surface area contributed by atoms with Crippen LogP contribution in [0, 0.1) is 6.92 Å². The first-order chi connectivity index (χ1) is 8.09. The summed E-state index contributed by atoms with van der Waals surface area (Å²) in [5, 5.41) is 9.63. The molecular weight excluding hydrogens is 216 g/mol. The second-order valence-corrected chi connectivity index (χ2v) is 3.93. The fraction of sp³-hybridized carbons (Fsp3) is 0.154. The molecule has 1 aromatic heterocycles. The Bertz CT molecular complexity index is 584. The molecule has 2 rings (SSSR count). The first-order valence-electron chi connectivity index (χ1n) is 5.33. The maximum atomic E-state index is 10.5. The van der Waals surface area contributed by atoms with Crippen molar-refractivity contribution in [2.24, 2.45) is 5.73 Å². The molecule has 1 heterocycles. The molecule has 88 valence electrons. The highest BCUT2D eigenvalue weighted by Crippen LogP contribution is 2.26. The molecular formula is C13H14N2O2. The van der Waals surface area contributed by atoms with E-state index in [1.807, 2.05) is 31.2 Å². The van der Waals surface area contributed by atoms with Gasteiger partial charge in [-0.15, -0.1) is 0 Å². The topological polar surface area (TPSA) is 79.1 Å². The summed E-state index contributed by atoms with van der Waals surface area (Å²) >= 11 is 0. The predicted molar refractivity (Wildman–Crippen MR) is 66.7 cm³/mol. The lowest BCUT2D eigenvalue weighted by molar-refractivity contribution is -0.131. The summed E-state index contributed by atoms with van der Waals surface area (Å²) in [5.74, 6) is -0.988. The van der Waals surface area contributed by atoms with Gasteiger partial charge < -0.3 is 15.8 Å². The molecule has 0 bridgehead atoms. The standard InChI is InChI=1S/C13H14N2O2/c1-8-13(10(14)6-7-12(16)17)9-4-2-3-5-11(9)15-8/h2-7,10,15H,14H2,1H3,(H,16,17)/b7-6+. The van der Waals surface area contributed by atoms with Gasteiger partial charge in [-0.25, -0.2) is 4.79 Å². The molecule has 1 aromatic carbocycles. The molecule has 1 atom stereocenters. The van der Waals surface area contributed by atoms with Crippen molar-refractivity contribution in [3.8, 4) is 0 Å². The van der Waals surface area contributed by atoms with Crippen LogP contribution in [0.2, 0.25) is 0 Å². The van der Waals surface area contributed by atoms with Crippen molar-refractivity contribution < 1.29 is 9.90 Å². The number of benzene rings is 1. The quantitative estimate of drug-likeness (QED) is 0.706. The Hall–Kier alpha value is -2.07. The summed E-state index contributed by atoms with van der Waals surface area (Å²) in [6.45, 7) is 1.93. The van der Waals surface area contributed by atoms with Crippen molar-refractivity contribution in [1.29, 1.82) is 0 Å². The number of rotatable bonds is 3. The fourth-order valence-corrected chi connectivity index (χ4v) is 2.01. The highest BCUT2D eigenvalue weighted by Gasteiger charge is 2.12. The number of nitrogens with one attached hydrogen (secondary N) is 1. The number of hydrogen-bond donors (Lipinski definition) is 3. The van der Waals surface area contributed by atoms with Gasteiger partial charge in [0.2, 0.25) is 0 Å². The minimum absolute atomic E-state index is 0.415. The van der Waals surface area contributed by atoms with E-state index in [4.69, 9.17) is 10.8 Å². The third kappa shape index (κ3) is 2.21. The number of para-hydroxylation sites is 1. The molecule has 4 N–H and O–H groups in total. The molecule has 0 amide bonds. The van der Waals surface area contributed by atoms with E-state index in [1.54, 1.807) is 0 Å². The number of aliphatic carboxylic acids is 1. The van der Waals surface area contributed by atoms with Gasteiger partial charge in [0.05, 0.1) is 6.04 Å². The third-order valence-corrected chi connectivity index (χ3v) is 2.72. The summed E-state index contributed by atoms with van der Waals surface area (Å²) < 4.78 is 0. The molecule has 0 spiro atoms. The van der Waals surface area contributed by atoms with Gasteiger partial charge in [-0.05, 0) is 13.0 Å². The number of aromatic amines is 1. The van der Waals surface area contributed by atoms with E-state index in [0.29, 0.717) is 0 Å². The number of nitrogens with two attached hydrogens (primary N) is 1. The molecule has 0 radical (unpaired) electrons. The number of aryl methyl sites for hydroxylation is 1. The van der Waals surface area contributed by atoms with Crippen LogP contribution >= 0.6 is 0 Å². The molecule has 1 unspecified atom stereocenters. The summed E-state index contributed by atoms with van der Waals surface area (Å²) in [6.07, 6.45) is 2.57. The van der Waals surface area contributed by atoms with Crippen molar-refractivity contribution in [3.63, 3.8) is 0 Å². The van der Waals surface area contributed by atoms with Crippen LogP contribution in [0.4, 0.5) is 0 Å². The Balaban J connectivity index is 2.47. The molecule has 4 heteroatoms. The predicted octanol–water partition coefficient (Wildman–Crippen LogP) is 2.12. The Kier molecular flexibility index (Phi) is 2.97. The average Bonchev–Trinajstić information content (AvgIpc) is 2.61. The molecule has 2 aromatic rings. The first-order valence-corrected chi connectivity index (χ1v) is 5.33. The average molecular weight is 230 g/mol. The van der Waals surface area contributed by atoms with E-state index < -0.39 is 12.0 Å². The number of aromatic nitrogens is 1. The number of fused-ring (bicyclic) bond motifs is 1. The van der Waals surface area contributed by atoms with Gasteiger partial charge in [0.25, 0.3) is 0 Å². The van der Waals surface area contributed by atoms with Gasteiger partial charge in [0, 0.05) is 28.2 Å². The lowest BCUT2D eigenvalue weighted by Crippen LogP contribution is -2.08. The third-order valence-electron chi connectivity index (χ3n) is 2.72. The number of carbonyl (C=O) groups is 1. The zero-order chi connectivity index (χ0) is 12.4. The Morgan fingerprint density at radius 2 is 2.18 bits per heavy atom. The van der Waals surface area contributed by atoms with Crippen molar-refractivity contribution in [2.75, 3.05) is 0 Å². The van der Waals surface area contributed by atoms with Gasteiger partial charge >= 0.3 is 5.97 Å². The number of H-pyrrole nitrogens is 1. The minimum atomic E-state index is -0.988. The monoisotopic (exact) mass is 230 g/mol. The van der Waals surface area contributed by atoms with Crippen LogP contribution in [-0.4, -0.2) is 16.1 Å². The minimum Gasteiger partial charge on any atom is -0.478 e. The van der Waals surface area contributed by atoms with Crippen molar-refractivity contribution in [1.82, 2.24) is 4.98 Å². The molecule has 17 heavy (non-hydrogen) atoms. The molecule has 0 aliphatic carbocycles. The molecule has 0 aliphatic heterocycles. The van der Waals surface area contributed by atoms with E-state index in [2.05, 4.69) is 4.98 Å². The Morgan fingerprint density at radius 1 is 1.47 bits per heavy atom. The van der Waals surface area contributed by atoms with E-state index >= 15 is 0 Å². The molecule has 4 nitrogen and oxygen atoms in total. The highest BCUT2D eigenvalue weighted by molar-refractivity contribution is 5.86. The van der Waals surface area contributed by atoms with Crippen LogP contribution in [-0.2, 0) is 4.79 Å². The summed E-state index contributed by atoms with van der Waals surface area (Å²) in [7, 11) is 0. The van der Waals surface area contributed by atoms with E-state index in [1.165, 1.54) is 6.08 Å². The van der Waals surface area contributed by atoms with Crippen LogP contribution in [0.3, 0.4) is 0 Å². The van der Waals surface area contributed by atoms with Gasteiger partial charge in [-0.2, -0.15) is 0 Å². The van der Waals surface area contributed by atoms with Crippen molar-refractivity contribution in [3.05, 3.63) is 47.7 Å². The first kappa shape index (κ1) is 11.4. The number of carboxylic acids is 1. The van der Waals surface area contributed by atoms with Crippen molar-refractivity contribution in [2.45, 2.75) is 13.0 Å². The maximum Gasteiger partial charge on any atom is 0.328 e. The highest BCUT2D eigenvalue weighted by atomic mass is 16.4. The Morgan fingerprint density at radius 3 is 2.88 bits per heavy atom. The smallest absolute Gasteiger partial charge is 0.328 e. The van der Waals surface area contributed by atoms with Crippen LogP contribution in [0.25, 0.3) is 10.9 Å². The number of hydrogen-bond acceptors (Lipinski definition) is 2. The summed E-state index contributed by atoms with van der Waals surface area (Å²) in [4.78, 5) is 13.7.